The van der Waals surface area contributed by atoms with Crippen LogP contribution in [-0.2, 0) is 17.5 Å². The number of urea groups is 1. The molecule has 1 fully saturated rings. The van der Waals surface area contributed by atoms with Gasteiger partial charge in [-0.3, -0.25) is 14.7 Å². The van der Waals surface area contributed by atoms with Crippen LogP contribution in [-0.4, -0.2) is 49.5 Å². The predicted octanol–water partition coefficient (Wildman–Crippen LogP) is 1.68. The van der Waals surface area contributed by atoms with Crippen LogP contribution in [0.2, 0.25) is 0 Å². The number of halogens is 5. The molecular weight excluding hydrogens is 485 g/mol. The van der Waals surface area contributed by atoms with Crippen LogP contribution in [0.5, 0.6) is 0 Å². The smallest absolute Gasteiger partial charge is 0.355 e. The van der Waals surface area contributed by atoms with Crippen LogP contribution in [0.1, 0.15) is 11.1 Å². The van der Waals surface area contributed by atoms with E-state index in [9.17, 15) is 27.2 Å². The fourth-order valence-electron chi connectivity index (χ4n) is 2.33. The van der Waals surface area contributed by atoms with Crippen molar-refractivity contribution in [2.24, 2.45) is 4.99 Å². The molecule has 0 saturated carbocycles. The summed E-state index contributed by atoms with van der Waals surface area (Å²) in [7, 11) is 1.42. The fraction of sp³-hybridized carbons (Fsp3) is 0.400. The van der Waals surface area contributed by atoms with Gasteiger partial charge in [-0.1, -0.05) is 6.07 Å². The Labute approximate surface area is 169 Å². The molecule has 0 atom stereocenters. The molecule has 0 spiro atoms. The number of hydrogen-bond acceptors (Lipinski definition) is 3. The third-order valence-corrected chi connectivity index (χ3v) is 3.61. The molecule has 27 heavy (non-hydrogen) atoms. The van der Waals surface area contributed by atoms with E-state index in [-0.39, 0.29) is 67.6 Å². The number of hydrogen-bond donors (Lipinski definition) is 3. The molecule has 1 aliphatic heterocycles. The molecule has 1 aromatic rings. The van der Waals surface area contributed by atoms with E-state index in [4.69, 9.17) is 0 Å². The number of alkyl halides is 3. The Hall–Kier alpha value is -2.12. The molecule has 0 radical (unpaired) electrons. The van der Waals surface area contributed by atoms with Crippen LogP contribution < -0.4 is 16.0 Å². The molecule has 1 aliphatic rings. The zero-order chi connectivity index (χ0) is 19.3. The lowest BCUT2D eigenvalue weighted by molar-refractivity contribution is -0.138. The van der Waals surface area contributed by atoms with Crippen molar-refractivity contribution in [2.45, 2.75) is 12.7 Å². The van der Waals surface area contributed by atoms with Crippen molar-refractivity contribution in [1.82, 2.24) is 20.9 Å². The Morgan fingerprint density at radius 1 is 1.30 bits per heavy atom. The molecule has 0 bridgehead atoms. The summed E-state index contributed by atoms with van der Waals surface area (Å²) in [6.45, 7) is -0.0569. The average Bonchev–Trinajstić information content (AvgIpc) is 2.89. The van der Waals surface area contributed by atoms with Gasteiger partial charge in [0.05, 0.1) is 12.1 Å². The minimum absolute atomic E-state index is 0. The number of imide groups is 1. The van der Waals surface area contributed by atoms with Crippen molar-refractivity contribution in [3.63, 3.8) is 0 Å². The average molecular weight is 503 g/mol. The van der Waals surface area contributed by atoms with Crippen molar-refractivity contribution < 1.29 is 27.2 Å². The van der Waals surface area contributed by atoms with Gasteiger partial charge in [-0.05, 0) is 17.7 Å². The second-order valence-corrected chi connectivity index (χ2v) is 5.36. The molecule has 1 aromatic carbocycles. The highest BCUT2D eigenvalue weighted by atomic mass is 127. The molecule has 3 amide bonds. The number of carbonyl (C=O) groups is 2. The van der Waals surface area contributed by atoms with Gasteiger partial charge >= 0.3 is 12.2 Å². The summed E-state index contributed by atoms with van der Waals surface area (Å²) in [5.41, 5.74) is -1.21. The van der Waals surface area contributed by atoms with Gasteiger partial charge in [0.15, 0.2) is 5.96 Å². The lowest BCUT2D eigenvalue weighted by Gasteiger charge is -2.17. The monoisotopic (exact) mass is 503 g/mol. The minimum atomic E-state index is -4.68. The first-order chi connectivity index (χ1) is 12.2. The second kappa shape index (κ2) is 9.71. The highest BCUT2D eigenvalue weighted by Gasteiger charge is 2.33. The topological polar surface area (TPSA) is 85.8 Å². The first kappa shape index (κ1) is 22.9. The van der Waals surface area contributed by atoms with Gasteiger partial charge in [0, 0.05) is 26.7 Å². The van der Waals surface area contributed by atoms with E-state index in [0.717, 1.165) is 17.0 Å². The number of benzene rings is 1. The SMILES string of the molecule is CN=C(NCCN1C(=O)CNC1=O)NCc1ccc(F)cc1C(F)(F)F.I. The van der Waals surface area contributed by atoms with E-state index in [1.807, 2.05) is 0 Å². The van der Waals surface area contributed by atoms with Crippen LogP contribution in [0.3, 0.4) is 0 Å². The van der Waals surface area contributed by atoms with Gasteiger partial charge in [-0.25, -0.2) is 9.18 Å². The third kappa shape index (κ3) is 6.22. The molecule has 2 rings (SSSR count). The molecular formula is C15H18F4IN5O2. The Morgan fingerprint density at radius 3 is 2.56 bits per heavy atom. The Morgan fingerprint density at radius 2 is 2.00 bits per heavy atom. The Kier molecular flexibility index (Phi) is 8.24. The molecule has 1 saturated heterocycles. The van der Waals surface area contributed by atoms with Gasteiger partial charge in [-0.15, -0.1) is 24.0 Å². The summed E-state index contributed by atoms with van der Waals surface area (Å²) >= 11 is 0. The van der Waals surface area contributed by atoms with Gasteiger partial charge in [-0.2, -0.15) is 13.2 Å². The van der Waals surface area contributed by atoms with Crippen LogP contribution >= 0.6 is 24.0 Å². The number of aliphatic imine (C=N–C) groups is 1. The minimum Gasteiger partial charge on any atom is -0.355 e. The summed E-state index contributed by atoms with van der Waals surface area (Å²) in [6, 6.07) is 1.93. The number of nitrogens with one attached hydrogen (secondary N) is 3. The molecule has 0 unspecified atom stereocenters. The maximum absolute atomic E-state index is 13.1. The third-order valence-electron chi connectivity index (χ3n) is 3.61. The van der Waals surface area contributed by atoms with E-state index < -0.39 is 23.6 Å². The lowest BCUT2D eigenvalue weighted by atomic mass is 10.1. The summed E-state index contributed by atoms with van der Waals surface area (Å²) in [5, 5.41) is 7.83. The van der Waals surface area contributed by atoms with E-state index in [2.05, 4.69) is 20.9 Å². The van der Waals surface area contributed by atoms with Gasteiger partial charge in [0.25, 0.3) is 0 Å². The van der Waals surface area contributed by atoms with Crippen molar-refractivity contribution >= 4 is 41.9 Å². The number of nitrogens with zero attached hydrogens (tertiary/aromatic N) is 2. The standard InChI is InChI=1S/C15H17F4N5O2.HI/c1-20-13(21-4-5-24-12(25)8-23-14(24)26)22-7-9-2-3-10(16)6-11(9)15(17,18)19;/h2-3,6H,4-5,7-8H2,1H3,(H,23,26)(H2,20,21,22);1H. The summed E-state index contributed by atoms with van der Waals surface area (Å²) < 4.78 is 52.0. The number of amides is 3. The lowest BCUT2D eigenvalue weighted by Crippen LogP contribution is -2.43. The zero-order valence-electron chi connectivity index (χ0n) is 14.2. The predicted molar refractivity (Wildman–Crippen MR) is 100 cm³/mol. The Balaban J connectivity index is 0.00000364. The van der Waals surface area contributed by atoms with Gasteiger partial charge < -0.3 is 16.0 Å². The molecule has 0 aliphatic carbocycles. The van der Waals surface area contributed by atoms with Crippen LogP contribution in [0.25, 0.3) is 0 Å². The van der Waals surface area contributed by atoms with Crippen LogP contribution in [0, 0.1) is 5.82 Å². The highest BCUT2D eigenvalue weighted by Crippen LogP contribution is 2.32. The fourth-order valence-corrected chi connectivity index (χ4v) is 2.33. The first-order valence-electron chi connectivity index (χ1n) is 7.60. The van der Waals surface area contributed by atoms with E-state index in [1.54, 1.807) is 0 Å². The Bertz CT molecular complexity index is 711. The number of guanidine groups is 1. The normalized spacial score (nSPS) is 14.7. The molecule has 3 N–H and O–H groups in total. The van der Waals surface area contributed by atoms with Crippen molar-refractivity contribution in [1.29, 1.82) is 0 Å². The summed E-state index contributed by atoms with van der Waals surface area (Å²) in [5.74, 6) is -1.16. The number of carbonyl (C=O) groups excluding carboxylic acids is 2. The van der Waals surface area contributed by atoms with E-state index >= 15 is 0 Å². The molecule has 1 heterocycles. The van der Waals surface area contributed by atoms with Crippen LogP contribution in [0.4, 0.5) is 22.4 Å². The molecule has 0 aromatic heterocycles. The highest BCUT2D eigenvalue weighted by molar-refractivity contribution is 14.0. The van der Waals surface area contributed by atoms with Crippen molar-refractivity contribution in [2.75, 3.05) is 26.7 Å². The maximum atomic E-state index is 13.1. The van der Waals surface area contributed by atoms with E-state index in [0.29, 0.717) is 6.07 Å². The maximum Gasteiger partial charge on any atom is 0.416 e. The largest absolute Gasteiger partial charge is 0.416 e. The van der Waals surface area contributed by atoms with Crippen molar-refractivity contribution in [3.05, 3.63) is 35.1 Å². The molecule has 12 heteroatoms. The van der Waals surface area contributed by atoms with Gasteiger partial charge in [0.2, 0.25) is 5.91 Å². The molecule has 7 nitrogen and oxygen atoms in total. The zero-order valence-corrected chi connectivity index (χ0v) is 16.5. The second-order valence-electron chi connectivity index (χ2n) is 5.36. The number of rotatable bonds is 5. The van der Waals surface area contributed by atoms with Crippen LogP contribution in [0.15, 0.2) is 23.2 Å². The molecule has 150 valence electrons. The van der Waals surface area contributed by atoms with Crippen molar-refractivity contribution in [3.8, 4) is 0 Å². The quantitative estimate of drug-likeness (QED) is 0.188. The van der Waals surface area contributed by atoms with Gasteiger partial charge in [0.1, 0.15) is 5.82 Å². The van der Waals surface area contributed by atoms with E-state index in [1.165, 1.54) is 7.05 Å². The first-order valence-corrected chi connectivity index (χ1v) is 7.60. The summed E-state index contributed by atoms with van der Waals surface area (Å²) in [4.78, 5) is 27.7. The summed E-state index contributed by atoms with van der Waals surface area (Å²) in [6.07, 6.45) is -4.68.